The van der Waals surface area contributed by atoms with Gasteiger partial charge in [-0.25, -0.2) is 0 Å². The van der Waals surface area contributed by atoms with Gasteiger partial charge in [0.05, 0.1) is 11.8 Å². The van der Waals surface area contributed by atoms with Crippen LogP contribution in [0.15, 0.2) is 24.4 Å². The number of aromatic nitrogens is 2. The molecule has 0 spiro atoms. The molecule has 0 atom stereocenters. The normalized spacial score (nSPS) is 10.4. The Morgan fingerprint density at radius 1 is 1.22 bits per heavy atom. The average molecular weight is 243 g/mol. The van der Waals surface area contributed by atoms with E-state index in [-0.39, 0.29) is 5.91 Å². The number of para-hydroxylation sites is 1. The number of carbonyl (C=O) groups is 1. The molecule has 1 aromatic carbocycles. The van der Waals surface area contributed by atoms with E-state index in [0.717, 1.165) is 22.5 Å². The third-order valence-corrected chi connectivity index (χ3v) is 3.20. The van der Waals surface area contributed by atoms with Crippen LogP contribution in [0.2, 0.25) is 0 Å². The lowest BCUT2D eigenvalue weighted by Gasteiger charge is -2.11. The minimum atomic E-state index is -0.113. The largest absolute Gasteiger partial charge is 0.321 e. The van der Waals surface area contributed by atoms with E-state index in [2.05, 4.69) is 10.4 Å². The zero-order valence-electron chi connectivity index (χ0n) is 11.1. The van der Waals surface area contributed by atoms with Gasteiger partial charge in [0.2, 0.25) is 0 Å². The van der Waals surface area contributed by atoms with E-state index in [1.54, 1.807) is 10.9 Å². The van der Waals surface area contributed by atoms with E-state index < -0.39 is 0 Å². The van der Waals surface area contributed by atoms with Crippen LogP contribution in [0.4, 0.5) is 5.69 Å². The van der Waals surface area contributed by atoms with Crippen LogP contribution in [0, 0.1) is 20.8 Å². The van der Waals surface area contributed by atoms with Crippen molar-refractivity contribution < 1.29 is 4.79 Å². The third kappa shape index (κ3) is 2.14. The number of nitrogens with zero attached hydrogens (tertiary/aromatic N) is 2. The number of anilines is 1. The second-order valence-electron chi connectivity index (χ2n) is 4.49. The highest BCUT2D eigenvalue weighted by Gasteiger charge is 2.14. The number of benzene rings is 1. The van der Waals surface area contributed by atoms with Crippen LogP contribution in [-0.4, -0.2) is 15.7 Å². The molecule has 2 rings (SSSR count). The van der Waals surface area contributed by atoms with Crippen LogP contribution < -0.4 is 5.32 Å². The number of amides is 1. The monoisotopic (exact) mass is 243 g/mol. The maximum absolute atomic E-state index is 12.2. The van der Waals surface area contributed by atoms with Gasteiger partial charge in [0.1, 0.15) is 0 Å². The van der Waals surface area contributed by atoms with Gasteiger partial charge in [-0.05, 0) is 31.9 Å². The van der Waals surface area contributed by atoms with Crippen LogP contribution in [-0.2, 0) is 7.05 Å². The van der Waals surface area contributed by atoms with Crippen LogP contribution in [0.5, 0.6) is 0 Å². The van der Waals surface area contributed by atoms with Crippen molar-refractivity contribution in [2.75, 3.05) is 5.32 Å². The second kappa shape index (κ2) is 4.64. The van der Waals surface area contributed by atoms with Crippen molar-refractivity contribution in [2.24, 2.45) is 7.05 Å². The molecule has 1 amide bonds. The molecular weight excluding hydrogens is 226 g/mol. The van der Waals surface area contributed by atoms with Crippen LogP contribution >= 0.6 is 0 Å². The molecule has 1 N–H and O–H groups in total. The molecule has 1 heterocycles. The number of hydrogen-bond acceptors (Lipinski definition) is 2. The van der Waals surface area contributed by atoms with Crippen molar-refractivity contribution in [3.8, 4) is 0 Å². The third-order valence-electron chi connectivity index (χ3n) is 3.20. The van der Waals surface area contributed by atoms with E-state index in [0.29, 0.717) is 5.56 Å². The lowest BCUT2D eigenvalue weighted by Crippen LogP contribution is -2.14. The summed E-state index contributed by atoms with van der Waals surface area (Å²) in [7, 11) is 1.82. The Kier molecular flexibility index (Phi) is 3.19. The van der Waals surface area contributed by atoms with Crippen molar-refractivity contribution >= 4 is 11.6 Å². The smallest absolute Gasteiger partial charge is 0.259 e. The zero-order valence-corrected chi connectivity index (χ0v) is 11.1. The Balaban J connectivity index is 2.30. The molecule has 94 valence electrons. The van der Waals surface area contributed by atoms with Gasteiger partial charge in [0.25, 0.3) is 5.91 Å². The molecule has 1 aromatic heterocycles. The molecule has 4 heteroatoms. The fraction of sp³-hybridized carbons (Fsp3) is 0.286. The Morgan fingerprint density at radius 3 is 2.33 bits per heavy atom. The summed E-state index contributed by atoms with van der Waals surface area (Å²) in [6.07, 6.45) is 1.60. The Morgan fingerprint density at radius 2 is 1.83 bits per heavy atom. The number of hydrogen-bond donors (Lipinski definition) is 1. The lowest BCUT2D eigenvalue weighted by molar-refractivity contribution is 0.102. The average Bonchev–Trinajstić information content (AvgIpc) is 2.65. The standard InChI is InChI=1S/C14H17N3O/c1-9-6-5-7-10(2)13(9)16-14(18)12-8-15-17(4)11(12)3/h5-8H,1-4H3,(H,16,18). The van der Waals surface area contributed by atoms with E-state index in [4.69, 9.17) is 0 Å². The van der Waals surface area contributed by atoms with Gasteiger partial charge in [0, 0.05) is 18.4 Å². The van der Waals surface area contributed by atoms with E-state index in [1.165, 1.54) is 0 Å². The van der Waals surface area contributed by atoms with E-state index >= 15 is 0 Å². The maximum Gasteiger partial charge on any atom is 0.259 e. The first-order chi connectivity index (χ1) is 8.50. The topological polar surface area (TPSA) is 46.9 Å². The van der Waals surface area contributed by atoms with Crippen LogP contribution in [0.25, 0.3) is 0 Å². The Labute approximate surface area is 107 Å². The first kappa shape index (κ1) is 12.4. The molecule has 0 aliphatic heterocycles. The highest BCUT2D eigenvalue weighted by atomic mass is 16.1. The highest BCUT2D eigenvalue weighted by molar-refractivity contribution is 6.05. The summed E-state index contributed by atoms with van der Waals surface area (Å²) in [6, 6.07) is 5.95. The highest BCUT2D eigenvalue weighted by Crippen LogP contribution is 2.20. The van der Waals surface area contributed by atoms with Gasteiger partial charge in [-0.1, -0.05) is 18.2 Å². The molecule has 0 fully saturated rings. The molecule has 0 aliphatic rings. The maximum atomic E-state index is 12.2. The van der Waals surface area contributed by atoms with Crippen LogP contribution in [0.3, 0.4) is 0 Å². The summed E-state index contributed by atoms with van der Waals surface area (Å²) in [6.45, 7) is 5.85. The zero-order chi connectivity index (χ0) is 13.3. The molecule has 0 aliphatic carbocycles. The Hall–Kier alpha value is -2.10. The van der Waals surface area contributed by atoms with Gasteiger partial charge in [-0.3, -0.25) is 9.48 Å². The summed E-state index contributed by atoms with van der Waals surface area (Å²) >= 11 is 0. The van der Waals surface area contributed by atoms with Gasteiger partial charge in [-0.15, -0.1) is 0 Å². The molecular formula is C14H17N3O. The summed E-state index contributed by atoms with van der Waals surface area (Å²) in [5.74, 6) is -0.113. The molecule has 0 radical (unpaired) electrons. The number of nitrogens with one attached hydrogen (secondary N) is 1. The fourth-order valence-electron chi connectivity index (χ4n) is 1.91. The van der Waals surface area contributed by atoms with Crippen LogP contribution in [0.1, 0.15) is 27.2 Å². The summed E-state index contributed by atoms with van der Waals surface area (Å²) in [5, 5.41) is 7.04. The molecule has 0 saturated carbocycles. The summed E-state index contributed by atoms with van der Waals surface area (Å²) in [4.78, 5) is 12.2. The molecule has 4 nitrogen and oxygen atoms in total. The van der Waals surface area contributed by atoms with Crippen molar-refractivity contribution in [3.63, 3.8) is 0 Å². The van der Waals surface area contributed by atoms with E-state index in [9.17, 15) is 4.79 Å². The van der Waals surface area contributed by atoms with Gasteiger partial charge in [0.15, 0.2) is 0 Å². The SMILES string of the molecule is Cc1cccc(C)c1NC(=O)c1cnn(C)c1C. The molecule has 18 heavy (non-hydrogen) atoms. The first-order valence-electron chi connectivity index (χ1n) is 5.87. The second-order valence-corrected chi connectivity index (χ2v) is 4.49. The minimum absolute atomic E-state index is 0.113. The fourth-order valence-corrected chi connectivity index (χ4v) is 1.91. The minimum Gasteiger partial charge on any atom is -0.321 e. The first-order valence-corrected chi connectivity index (χ1v) is 5.87. The van der Waals surface area contributed by atoms with Crippen molar-refractivity contribution in [1.29, 1.82) is 0 Å². The van der Waals surface area contributed by atoms with Crippen molar-refractivity contribution in [3.05, 3.63) is 46.8 Å². The number of aryl methyl sites for hydroxylation is 3. The van der Waals surface area contributed by atoms with Crippen molar-refractivity contribution in [2.45, 2.75) is 20.8 Å². The summed E-state index contributed by atoms with van der Waals surface area (Å²) in [5.41, 5.74) is 4.47. The van der Waals surface area contributed by atoms with Gasteiger partial charge < -0.3 is 5.32 Å². The van der Waals surface area contributed by atoms with Gasteiger partial charge in [-0.2, -0.15) is 5.10 Å². The molecule has 0 saturated heterocycles. The predicted octanol–water partition coefficient (Wildman–Crippen LogP) is 2.60. The van der Waals surface area contributed by atoms with Gasteiger partial charge >= 0.3 is 0 Å². The molecule has 2 aromatic rings. The quantitative estimate of drug-likeness (QED) is 0.881. The van der Waals surface area contributed by atoms with E-state index in [1.807, 2.05) is 46.0 Å². The van der Waals surface area contributed by atoms with Crippen molar-refractivity contribution in [1.82, 2.24) is 9.78 Å². The lowest BCUT2D eigenvalue weighted by atomic mass is 10.1. The molecule has 0 unspecified atom stereocenters. The molecule has 0 bridgehead atoms. The Bertz CT molecular complexity index is 579. The number of rotatable bonds is 2. The number of carbonyl (C=O) groups excluding carboxylic acids is 1. The summed E-state index contributed by atoms with van der Waals surface area (Å²) < 4.78 is 1.69. The predicted molar refractivity (Wildman–Crippen MR) is 71.8 cm³/mol.